The first-order valence-corrected chi connectivity index (χ1v) is 7.09. The Balaban J connectivity index is 2.19. The van der Waals surface area contributed by atoms with E-state index in [-0.39, 0.29) is 0 Å². The topological polar surface area (TPSA) is 57.5 Å². The van der Waals surface area contributed by atoms with Gasteiger partial charge in [0.05, 0.1) is 6.20 Å². The molecule has 6 heteroatoms. The lowest BCUT2D eigenvalue weighted by Crippen LogP contribution is -2.31. The summed E-state index contributed by atoms with van der Waals surface area (Å²) in [5.74, 6) is 1.70. The fraction of sp³-hybridized carbons (Fsp3) is 0.571. The molecule has 0 aliphatic rings. The first-order chi connectivity index (χ1) is 9.61. The molecule has 1 unspecified atom stereocenters. The van der Waals surface area contributed by atoms with Gasteiger partial charge in [0, 0.05) is 31.5 Å². The van der Waals surface area contributed by atoms with Gasteiger partial charge >= 0.3 is 0 Å². The number of fused-ring (bicyclic) bond motifs is 1. The fourth-order valence-electron chi connectivity index (χ4n) is 1.82. The molecular formula is C14H24N6. The molecule has 1 atom stereocenters. The molecule has 6 nitrogen and oxygen atoms in total. The normalized spacial score (nSPS) is 12.8. The van der Waals surface area contributed by atoms with Crippen LogP contribution in [0.4, 0.5) is 11.6 Å². The number of aromatic nitrogens is 3. The Kier molecular flexibility index (Phi) is 4.79. The van der Waals surface area contributed by atoms with Gasteiger partial charge in [-0.15, -0.1) is 0 Å². The number of anilines is 2. The number of imidazole rings is 1. The zero-order valence-electron chi connectivity index (χ0n) is 12.7. The molecule has 110 valence electrons. The third-order valence-corrected chi connectivity index (χ3v) is 3.38. The lowest BCUT2D eigenvalue weighted by molar-refractivity contribution is 0.326. The van der Waals surface area contributed by atoms with E-state index < -0.39 is 0 Å². The van der Waals surface area contributed by atoms with Gasteiger partial charge in [-0.3, -0.25) is 0 Å². The summed E-state index contributed by atoms with van der Waals surface area (Å²) in [6.45, 7) is 6.07. The van der Waals surface area contributed by atoms with Crippen LogP contribution in [-0.4, -0.2) is 52.5 Å². The number of likely N-dealkylation sites (N-methyl/N-ethyl adjacent to an activating group) is 1. The molecule has 0 amide bonds. The smallest absolute Gasteiger partial charge is 0.180 e. The van der Waals surface area contributed by atoms with Crippen molar-refractivity contribution in [1.82, 2.24) is 19.3 Å². The van der Waals surface area contributed by atoms with Gasteiger partial charge in [0.25, 0.3) is 0 Å². The van der Waals surface area contributed by atoms with E-state index in [1.807, 2.05) is 16.8 Å². The van der Waals surface area contributed by atoms with Crippen LogP contribution < -0.4 is 10.6 Å². The highest BCUT2D eigenvalue weighted by atomic mass is 15.2. The Hall–Kier alpha value is -1.82. The van der Waals surface area contributed by atoms with Crippen molar-refractivity contribution in [3.05, 3.63) is 18.6 Å². The summed E-state index contributed by atoms with van der Waals surface area (Å²) in [5, 5.41) is 6.71. The van der Waals surface area contributed by atoms with Gasteiger partial charge in [0.15, 0.2) is 11.5 Å². The van der Waals surface area contributed by atoms with Crippen LogP contribution >= 0.6 is 0 Å². The van der Waals surface area contributed by atoms with Gasteiger partial charge in [-0.1, -0.05) is 6.92 Å². The maximum absolute atomic E-state index is 4.62. The van der Waals surface area contributed by atoms with Gasteiger partial charge in [0.2, 0.25) is 0 Å². The van der Waals surface area contributed by atoms with Crippen LogP contribution in [-0.2, 0) is 0 Å². The molecule has 2 N–H and O–H groups in total. The van der Waals surface area contributed by atoms with Gasteiger partial charge in [0.1, 0.15) is 5.82 Å². The Morgan fingerprint density at radius 2 is 2.15 bits per heavy atom. The summed E-state index contributed by atoms with van der Waals surface area (Å²) >= 11 is 0. The zero-order chi connectivity index (χ0) is 14.5. The second-order valence-corrected chi connectivity index (χ2v) is 5.25. The van der Waals surface area contributed by atoms with Crippen LogP contribution in [0.15, 0.2) is 18.6 Å². The predicted molar refractivity (Wildman–Crippen MR) is 83.4 cm³/mol. The third kappa shape index (κ3) is 3.39. The minimum absolute atomic E-state index is 0.430. The molecule has 2 rings (SSSR count). The molecular weight excluding hydrogens is 252 g/mol. The van der Waals surface area contributed by atoms with Gasteiger partial charge in [-0.05, 0) is 27.4 Å². The van der Waals surface area contributed by atoms with Crippen molar-refractivity contribution < 1.29 is 0 Å². The van der Waals surface area contributed by atoms with Crippen LogP contribution in [0.5, 0.6) is 0 Å². The molecule has 0 radical (unpaired) electrons. The maximum atomic E-state index is 4.62. The van der Waals surface area contributed by atoms with Crippen molar-refractivity contribution >= 4 is 17.3 Å². The summed E-state index contributed by atoms with van der Waals surface area (Å²) in [6, 6.07) is 0.430. The average molecular weight is 276 g/mol. The molecule has 20 heavy (non-hydrogen) atoms. The van der Waals surface area contributed by atoms with Crippen LogP contribution in [0.2, 0.25) is 0 Å². The van der Waals surface area contributed by atoms with Crippen LogP contribution in [0.3, 0.4) is 0 Å². The molecule has 0 saturated carbocycles. The van der Waals surface area contributed by atoms with E-state index in [1.165, 1.54) is 0 Å². The van der Waals surface area contributed by atoms with Gasteiger partial charge in [-0.25, -0.2) is 9.97 Å². The minimum atomic E-state index is 0.430. The van der Waals surface area contributed by atoms with E-state index in [9.17, 15) is 0 Å². The van der Waals surface area contributed by atoms with Crippen LogP contribution in [0.25, 0.3) is 5.65 Å². The Morgan fingerprint density at radius 3 is 2.85 bits per heavy atom. The third-order valence-electron chi connectivity index (χ3n) is 3.38. The highest BCUT2D eigenvalue weighted by molar-refractivity contribution is 5.65. The molecule has 2 heterocycles. The number of nitrogens with zero attached hydrogens (tertiary/aromatic N) is 4. The van der Waals surface area contributed by atoms with Crippen LogP contribution in [0, 0.1) is 0 Å². The molecule has 0 saturated heterocycles. The Labute approximate surface area is 120 Å². The van der Waals surface area contributed by atoms with Gasteiger partial charge in [-0.2, -0.15) is 0 Å². The summed E-state index contributed by atoms with van der Waals surface area (Å²) in [5.41, 5.74) is 0.859. The fourth-order valence-corrected chi connectivity index (χ4v) is 1.82. The molecule has 0 bridgehead atoms. The largest absolute Gasteiger partial charge is 0.369 e. The second-order valence-electron chi connectivity index (χ2n) is 5.25. The number of hydrogen-bond acceptors (Lipinski definition) is 5. The lowest BCUT2D eigenvalue weighted by Gasteiger charge is -2.20. The SMILES string of the molecule is CCCNc1cn2ccnc2c(NCC(C)N(C)C)n1. The van der Waals surface area contributed by atoms with E-state index in [0.29, 0.717) is 6.04 Å². The first-order valence-electron chi connectivity index (χ1n) is 7.09. The molecule has 2 aromatic heterocycles. The van der Waals surface area contributed by atoms with Crippen molar-refractivity contribution in [2.45, 2.75) is 26.3 Å². The molecule has 0 aliphatic carbocycles. The highest BCUT2D eigenvalue weighted by Crippen LogP contribution is 2.16. The van der Waals surface area contributed by atoms with E-state index in [2.05, 4.69) is 53.4 Å². The highest BCUT2D eigenvalue weighted by Gasteiger charge is 2.09. The summed E-state index contributed by atoms with van der Waals surface area (Å²) in [6.07, 6.45) is 6.78. The average Bonchev–Trinajstić information content (AvgIpc) is 2.90. The van der Waals surface area contributed by atoms with Crippen molar-refractivity contribution in [3.63, 3.8) is 0 Å². The quantitative estimate of drug-likeness (QED) is 0.809. The monoisotopic (exact) mass is 276 g/mol. The second kappa shape index (κ2) is 6.56. The predicted octanol–water partition coefficient (Wildman–Crippen LogP) is 1.91. The minimum Gasteiger partial charge on any atom is -0.369 e. The van der Waals surface area contributed by atoms with Crippen LogP contribution in [0.1, 0.15) is 20.3 Å². The van der Waals surface area contributed by atoms with E-state index >= 15 is 0 Å². The number of hydrogen-bond donors (Lipinski definition) is 2. The number of rotatable bonds is 7. The Morgan fingerprint density at radius 1 is 1.35 bits per heavy atom. The summed E-state index contributed by atoms with van der Waals surface area (Å²) < 4.78 is 1.99. The summed E-state index contributed by atoms with van der Waals surface area (Å²) in [4.78, 5) is 11.2. The molecule has 0 aliphatic heterocycles. The summed E-state index contributed by atoms with van der Waals surface area (Å²) in [7, 11) is 4.15. The van der Waals surface area contributed by atoms with Crippen molar-refractivity contribution in [2.75, 3.05) is 37.8 Å². The first kappa shape index (κ1) is 14.6. The van der Waals surface area contributed by atoms with Crippen molar-refractivity contribution in [1.29, 1.82) is 0 Å². The van der Waals surface area contributed by atoms with Gasteiger partial charge < -0.3 is 19.9 Å². The van der Waals surface area contributed by atoms with Crippen molar-refractivity contribution in [2.24, 2.45) is 0 Å². The number of nitrogens with one attached hydrogen (secondary N) is 2. The maximum Gasteiger partial charge on any atom is 0.180 e. The molecule has 2 aromatic rings. The standard InChI is InChI=1S/C14H24N6/c1-5-6-15-12-10-20-8-7-16-14(20)13(18-12)17-9-11(2)19(3)4/h7-8,10-11,15H,5-6,9H2,1-4H3,(H,17,18). The molecule has 0 aromatic carbocycles. The van der Waals surface area contributed by atoms with E-state index in [0.717, 1.165) is 36.8 Å². The molecule has 0 spiro atoms. The van der Waals surface area contributed by atoms with E-state index in [1.54, 1.807) is 6.20 Å². The lowest BCUT2D eigenvalue weighted by atomic mass is 10.3. The Bertz CT molecular complexity index is 548. The van der Waals surface area contributed by atoms with Crippen molar-refractivity contribution in [3.8, 4) is 0 Å². The zero-order valence-corrected chi connectivity index (χ0v) is 12.7. The van der Waals surface area contributed by atoms with E-state index in [4.69, 9.17) is 0 Å². The molecule has 0 fully saturated rings.